The molecular formula is C14H17NO2. The molecule has 90 valence electrons. The largest absolute Gasteiger partial charge is 0.318 e. The van der Waals surface area contributed by atoms with Gasteiger partial charge in [0.25, 0.3) is 11.7 Å². The molecule has 2 rings (SSSR count). The van der Waals surface area contributed by atoms with Crippen LogP contribution >= 0.6 is 0 Å². The van der Waals surface area contributed by atoms with Crippen LogP contribution in [-0.2, 0) is 11.2 Å². The number of ketones is 1. The Labute approximate surface area is 101 Å². The molecule has 0 saturated carbocycles. The lowest BCUT2D eigenvalue weighted by Gasteiger charge is -2.10. The third-order valence-corrected chi connectivity index (χ3v) is 3.15. The first-order valence-corrected chi connectivity index (χ1v) is 6.10. The van der Waals surface area contributed by atoms with Gasteiger partial charge in [0.05, 0.1) is 11.3 Å². The van der Waals surface area contributed by atoms with E-state index in [1.807, 2.05) is 12.1 Å². The van der Waals surface area contributed by atoms with E-state index in [0.717, 1.165) is 6.42 Å². The van der Waals surface area contributed by atoms with E-state index in [1.54, 1.807) is 6.07 Å². The summed E-state index contributed by atoms with van der Waals surface area (Å²) in [5.41, 5.74) is 2.35. The summed E-state index contributed by atoms with van der Waals surface area (Å²) in [6.07, 6.45) is 3.37. The Hall–Kier alpha value is -1.64. The van der Waals surface area contributed by atoms with Gasteiger partial charge in [-0.05, 0) is 30.0 Å². The van der Waals surface area contributed by atoms with Crippen molar-refractivity contribution in [3.63, 3.8) is 0 Å². The Morgan fingerprint density at radius 2 is 2.06 bits per heavy atom. The second-order valence-corrected chi connectivity index (χ2v) is 4.76. The Morgan fingerprint density at radius 1 is 1.29 bits per heavy atom. The number of anilines is 1. The van der Waals surface area contributed by atoms with Gasteiger partial charge in [0.1, 0.15) is 0 Å². The van der Waals surface area contributed by atoms with Gasteiger partial charge in [-0.15, -0.1) is 0 Å². The molecule has 1 N–H and O–H groups in total. The van der Waals surface area contributed by atoms with Crippen LogP contribution in [0.1, 0.15) is 42.6 Å². The zero-order valence-electron chi connectivity index (χ0n) is 10.2. The van der Waals surface area contributed by atoms with Crippen molar-refractivity contribution in [3.05, 3.63) is 29.3 Å². The Balaban J connectivity index is 2.16. The Morgan fingerprint density at radius 3 is 2.76 bits per heavy atom. The van der Waals surface area contributed by atoms with Gasteiger partial charge in [0, 0.05) is 0 Å². The summed E-state index contributed by atoms with van der Waals surface area (Å²) in [5, 5.41) is 2.60. The average Bonchev–Trinajstić information content (AvgIpc) is 2.55. The average molecular weight is 231 g/mol. The quantitative estimate of drug-likeness (QED) is 0.810. The van der Waals surface area contributed by atoms with Gasteiger partial charge in [0.15, 0.2) is 0 Å². The number of hydrogen-bond acceptors (Lipinski definition) is 2. The number of carbonyl (C=O) groups excluding carboxylic acids is 2. The lowest BCUT2D eigenvalue weighted by atomic mass is 9.96. The highest BCUT2D eigenvalue weighted by molar-refractivity contribution is 6.51. The highest BCUT2D eigenvalue weighted by atomic mass is 16.2. The van der Waals surface area contributed by atoms with E-state index in [2.05, 4.69) is 19.2 Å². The maximum absolute atomic E-state index is 11.4. The predicted octanol–water partition coefficient (Wildman–Crippen LogP) is 2.80. The van der Waals surface area contributed by atoms with E-state index in [1.165, 1.54) is 18.4 Å². The van der Waals surface area contributed by atoms with Gasteiger partial charge in [-0.25, -0.2) is 0 Å². The van der Waals surface area contributed by atoms with Crippen molar-refractivity contribution in [1.82, 2.24) is 0 Å². The smallest absolute Gasteiger partial charge is 0.296 e. The molecule has 17 heavy (non-hydrogen) atoms. The number of amides is 1. The molecule has 0 aliphatic carbocycles. The van der Waals surface area contributed by atoms with Crippen molar-refractivity contribution in [2.75, 3.05) is 5.32 Å². The summed E-state index contributed by atoms with van der Waals surface area (Å²) in [7, 11) is 0. The molecule has 0 spiro atoms. The summed E-state index contributed by atoms with van der Waals surface area (Å²) >= 11 is 0. The SMILES string of the molecule is CCCC(C)Cc1ccc2c(c1)NC(=O)C2=O. The van der Waals surface area contributed by atoms with Crippen molar-refractivity contribution in [2.24, 2.45) is 5.92 Å². The number of nitrogens with one attached hydrogen (secondary N) is 1. The molecule has 1 unspecified atom stereocenters. The Kier molecular flexibility index (Phi) is 3.27. The third kappa shape index (κ3) is 2.38. The van der Waals surface area contributed by atoms with E-state index in [0.29, 0.717) is 17.2 Å². The third-order valence-electron chi connectivity index (χ3n) is 3.15. The molecule has 1 amide bonds. The fourth-order valence-corrected chi connectivity index (χ4v) is 2.32. The first kappa shape index (κ1) is 11.8. The molecule has 0 saturated heterocycles. The molecule has 0 fully saturated rings. The number of benzene rings is 1. The molecular weight excluding hydrogens is 214 g/mol. The van der Waals surface area contributed by atoms with Crippen LogP contribution in [0.2, 0.25) is 0 Å². The zero-order valence-corrected chi connectivity index (χ0v) is 10.2. The van der Waals surface area contributed by atoms with Crippen molar-refractivity contribution < 1.29 is 9.59 Å². The number of carbonyl (C=O) groups is 2. The van der Waals surface area contributed by atoms with Crippen LogP contribution in [0.15, 0.2) is 18.2 Å². The van der Waals surface area contributed by atoms with Crippen LogP contribution in [0.4, 0.5) is 5.69 Å². The minimum absolute atomic E-state index is 0.423. The second kappa shape index (κ2) is 4.70. The minimum Gasteiger partial charge on any atom is -0.318 e. The molecule has 1 aliphatic heterocycles. The van der Waals surface area contributed by atoms with Crippen molar-refractivity contribution in [1.29, 1.82) is 0 Å². The maximum atomic E-state index is 11.4. The molecule has 3 heteroatoms. The van der Waals surface area contributed by atoms with Crippen LogP contribution in [0.3, 0.4) is 0 Å². The second-order valence-electron chi connectivity index (χ2n) is 4.76. The summed E-state index contributed by atoms with van der Waals surface area (Å²) in [6.45, 7) is 4.40. The molecule has 1 heterocycles. The topological polar surface area (TPSA) is 46.2 Å². The van der Waals surface area contributed by atoms with E-state index in [4.69, 9.17) is 0 Å². The van der Waals surface area contributed by atoms with Crippen LogP contribution in [0.5, 0.6) is 0 Å². The number of rotatable bonds is 4. The highest BCUT2D eigenvalue weighted by Gasteiger charge is 2.27. The zero-order chi connectivity index (χ0) is 12.4. The molecule has 0 bridgehead atoms. The predicted molar refractivity (Wildman–Crippen MR) is 67.2 cm³/mol. The molecule has 1 aliphatic rings. The molecule has 1 aromatic rings. The van der Waals surface area contributed by atoms with Gasteiger partial charge in [-0.3, -0.25) is 9.59 Å². The van der Waals surface area contributed by atoms with E-state index in [9.17, 15) is 9.59 Å². The summed E-state index contributed by atoms with van der Waals surface area (Å²) < 4.78 is 0. The van der Waals surface area contributed by atoms with Crippen LogP contribution in [-0.4, -0.2) is 11.7 Å². The molecule has 1 atom stereocenters. The standard InChI is InChI=1S/C14H17NO2/c1-3-4-9(2)7-10-5-6-11-12(8-10)15-14(17)13(11)16/h5-6,8-9H,3-4,7H2,1-2H3,(H,15,16,17). The number of Topliss-reactive ketones (excluding diaryl/α,β-unsaturated/α-hetero) is 1. The maximum Gasteiger partial charge on any atom is 0.296 e. The summed E-state index contributed by atoms with van der Waals surface area (Å²) in [4.78, 5) is 22.6. The summed E-state index contributed by atoms with van der Waals surface area (Å²) in [5.74, 6) is -0.308. The van der Waals surface area contributed by atoms with Crippen LogP contribution in [0, 0.1) is 5.92 Å². The van der Waals surface area contributed by atoms with Gasteiger partial charge >= 0.3 is 0 Å². The van der Waals surface area contributed by atoms with E-state index >= 15 is 0 Å². The van der Waals surface area contributed by atoms with Gasteiger partial charge in [-0.2, -0.15) is 0 Å². The lowest BCUT2D eigenvalue weighted by molar-refractivity contribution is -0.112. The fraction of sp³-hybridized carbons (Fsp3) is 0.429. The van der Waals surface area contributed by atoms with Crippen molar-refractivity contribution >= 4 is 17.4 Å². The number of fused-ring (bicyclic) bond motifs is 1. The monoisotopic (exact) mass is 231 g/mol. The fourth-order valence-electron chi connectivity index (χ4n) is 2.32. The lowest BCUT2D eigenvalue weighted by Crippen LogP contribution is -2.12. The summed E-state index contributed by atoms with van der Waals surface area (Å²) in [6, 6.07) is 5.62. The first-order valence-electron chi connectivity index (χ1n) is 6.10. The van der Waals surface area contributed by atoms with E-state index < -0.39 is 11.7 Å². The number of hydrogen-bond donors (Lipinski definition) is 1. The van der Waals surface area contributed by atoms with Crippen molar-refractivity contribution in [3.8, 4) is 0 Å². The molecule has 3 nitrogen and oxygen atoms in total. The molecule has 1 aromatic carbocycles. The Bertz CT molecular complexity index is 465. The van der Waals surface area contributed by atoms with Gasteiger partial charge in [-0.1, -0.05) is 32.8 Å². The highest BCUT2D eigenvalue weighted by Crippen LogP contribution is 2.25. The van der Waals surface area contributed by atoms with Crippen LogP contribution in [0.25, 0.3) is 0 Å². The normalized spacial score (nSPS) is 15.6. The molecule has 0 radical (unpaired) electrons. The molecule has 0 aromatic heterocycles. The minimum atomic E-state index is -0.515. The van der Waals surface area contributed by atoms with Crippen molar-refractivity contribution in [2.45, 2.75) is 33.1 Å². The van der Waals surface area contributed by atoms with Gasteiger partial charge < -0.3 is 5.32 Å². The first-order chi connectivity index (χ1) is 8.11. The van der Waals surface area contributed by atoms with Gasteiger partial charge in [0.2, 0.25) is 0 Å². The van der Waals surface area contributed by atoms with Crippen LogP contribution < -0.4 is 5.32 Å². The van der Waals surface area contributed by atoms with E-state index in [-0.39, 0.29) is 0 Å².